The zero-order valence-corrected chi connectivity index (χ0v) is 10.6. The van der Waals surface area contributed by atoms with E-state index in [1.807, 2.05) is 13.8 Å². The summed E-state index contributed by atoms with van der Waals surface area (Å²) in [5.41, 5.74) is -0.592. The van der Waals surface area contributed by atoms with E-state index >= 15 is 0 Å². The van der Waals surface area contributed by atoms with Gasteiger partial charge in [-0.15, -0.1) is 0 Å². The summed E-state index contributed by atoms with van der Waals surface area (Å²) in [4.78, 5) is 27.2. The highest BCUT2D eigenvalue weighted by Crippen LogP contribution is 2.16. The minimum absolute atomic E-state index is 0.173. The van der Waals surface area contributed by atoms with E-state index in [9.17, 15) is 9.59 Å². The van der Waals surface area contributed by atoms with Gasteiger partial charge >= 0.3 is 5.97 Å². The van der Waals surface area contributed by atoms with E-state index in [-0.39, 0.29) is 5.92 Å². The lowest BCUT2D eigenvalue weighted by molar-refractivity contribution is -0.236. The summed E-state index contributed by atoms with van der Waals surface area (Å²) in [6, 6.07) is -0.934. The van der Waals surface area contributed by atoms with Crippen LogP contribution in [-0.4, -0.2) is 34.2 Å². The second-order valence-corrected chi connectivity index (χ2v) is 5.15. The number of hydrogen-bond donors (Lipinski definition) is 1. The zero-order valence-electron chi connectivity index (χ0n) is 10.6. The number of carbonyl (C=O) groups is 2. The first-order valence-electron chi connectivity index (χ1n) is 5.33. The number of carboxylic acids is 1. The predicted octanol–water partition coefficient (Wildman–Crippen LogP) is 1.67. The highest BCUT2D eigenvalue weighted by atomic mass is 16.7. The highest BCUT2D eigenvalue weighted by molar-refractivity contribution is 5.75. The third-order valence-corrected chi connectivity index (χ3v) is 1.77. The van der Waals surface area contributed by atoms with Crippen LogP contribution >= 0.6 is 0 Å². The smallest absolute Gasteiger partial charge is 0.329 e. The summed E-state index contributed by atoms with van der Waals surface area (Å²) >= 11 is 0. The topological polar surface area (TPSA) is 66.8 Å². The standard InChI is InChI=1S/C11H21NO4/c1-8(2)6-9(10(14)15)12(7-13)16-11(3,4)5/h7-9H,6H2,1-5H3,(H,14,15)/t9-/m0/s1. The molecule has 0 aromatic heterocycles. The fraction of sp³-hybridized carbons (Fsp3) is 0.818. The number of carbonyl (C=O) groups excluding carboxylic acids is 1. The Labute approximate surface area is 96.3 Å². The van der Waals surface area contributed by atoms with Gasteiger partial charge in [0.05, 0.1) is 5.60 Å². The van der Waals surface area contributed by atoms with Crippen molar-refractivity contribution in [2.24, 2.45) is 5.92 Å². The molecule has 1 amide bonds. The van der Waals surface area contributed by atoms with Crippen LogP contribution in [0.2, 0.25) is 0 Å². The van der Waals surface area contributed by atoms with E-state index in [0.717, 1.165) is 5.06 Å². The minimum atomic E-state index is -1.05. The largest absolute Gasteiger partial charge is 0.480 e. The quantitative estimate of drug-likeness (QED) is 0.558. The van der Waals surface area contributed by atoms with E-state index in [0.29, 0.717) is 12.8 Å². The second kappa shape index (κ2) is 5.84. The van der Waals surface area contributed by atoms with E-state index < -0.39 is 17.6 Å². The Balaban J connectivity index is 4.72. The van der Waals surface area contributed by atoms with Gasteiger partial charge in [0.25, 0.3) is 0 Å². The third-order valence-electron chi connectivity index (χ3n) is 1.77. The molecule has 16 heavy (non-hydrogen) atoms. The van der Waals surface area contributed by atoms with Crippen LogP contribution in [0.5, 0.6) is 0 Å². The van der Waals surface area contributed by atoms with Crippen molar-refractivity contribution in [1.82, 2.24) is 5.06 Å². The molecule has 0 aromatic rings. The van der Waals surface area contributed by atoms with Crippen LogP contribution in [-0.2, 0) is 14.4 Å². The molecule has 0 saturated carbocycles. The summed E-state index contributed by atoms with van der Waals surface area (Å²) in [6.45, 7) is 9.08. The Morgan fingerprint density at radius 1 is 1.44 bits per heavy atom. The van der Waals surface area contributed by atoms with Gasteiger partial charge in [-0.1, -0.05) is 13.8 Å². The molecule has 0 bridgehead atoms. The number of hydroxylamine groups is 2. The summed E-state index contributed by atoms with van der Waals surface area (Å²) in [7, 11) is 0. The lowest BCUT2D eigenvalue weighted by atomic mass is 10.0. The van der Waals surface area contributed by atoms with Gasteiger partial charge in [-0.2, -0.15) is 0 Å². The molecule has 0 unspecified atom stereocenters. The van der Waals surface area contributed by atoms with Crippen molar-refractivity contribution in [3.05, 3.63) is 0 Å². The van der Waals surface area contributed by atoms with Crippen molar-refractivity contribution in [2.75, 3.05) is 0 Å². The Bertz CT molecular complexity index is 245. The molecule has 5 heteroatoms. The lowest BCUT2D eigenvalue weighted by Gasteiger charge is -2.31. The van der Waals surface area contributed by atoms with Gasteiger partial charge < -0.3 is 5.11 Å². The van der Waals surface area contributed by atoms with E-state index in [1.165, 1.54) is 0 Å². The molecule has 0 rings (SSSR count). The van der Waals surface area contributed by atoms with Gasteiger partial charge in [0.2, 0.25) is 6.41 Å². The van der Waals surface area contributed by atoms with Gasteiger partial charge in [0, 0.05) is 0 Å². The molecule has 1 N–H and O–H groups in total. The molecule has 0 saturated heterocycles. The van der Waals surface area contributed by atoms with Gasteiger partial charge in [-0.25, -0.2) is 9.86 Å². The zero-order chi connectivity index (χ0) is 12.9. The summed E-state index contributed by atoms with van der Waals surface area (Å²) in [6.07, 6.45) is 0.788. The van der Waals surface area contributed by atoms with Crippen molar-refractivity contribution >= 4 is 12.4 Å². The Morgan fingerprint density at radius 2 is 1.94 bits per heavy atom. The molecule has 0 spiro atoms. The van der Waals surface area contributed by atoms with E-state index in [1.54, 1.807) is 20.8 Å². The van der Waals surface area contributed by atoms with Crippen LogP contribution in [0.15, 0.2) is 0 Å². The molecule has 94 valence electrons. The molecule has 0 aliphatic carbocycles. The summed E-state index contributed by atoms with van der Waals surface area (Å²) < 4.78 is 0. The molecule has 0 heterocycles. The highest BCUT2D eigenvalue weighted by Gasteiger charge is 2.29. The van der Waals surface area contributed by atoms with E-state index in [2.05, 4.69) is 0 Å². The number of rotatable bonds is 6. The van der Waals surface area contributed by atoms with Crippen molar-refractivity contribution in [1.29, 1.82) is 0 Å². The number of carboxylic acid groups (broad SMARTS) is 1. The van der Waals surface area contributed by atoms with Crippen molar-refractivity contribution in [2.45, 2.75) is 52.7 Å². The average molecular weight is 231 g/mol. The summed E-state index contributed by atoms with van der Waals surface area (Å²) in [5, 5.41) is 9.93. The Hall–Kier alpha value is -1.10. The molecular formula is C11H21NO4. The molecule has 0 aliphatic rings. The average Bonchev–Trinajstić information content (AvgIpc) is 2.08. The SMILES string of the molecule is CC(C)C[C@@H](C(=O)O)N(C=O)OC(C)(C)C. The minimum Gasteiger partial charge on any atom is -0.480 e. The first-order valence-corrected chi connectivity index (χ1v) is 5.33. The molecule has 5 nitrogen and oxygen atoms in total. The monoisotopic (exact) mass is 231 g/mol. The third kappa shape index (κ3) is 5.70. The molecule has 1 atom stereocenters. The van der Waals surface area contributed by atoms with Crippen molar-refractivity contribution < 1.29 is 19.5 Å². The number of amides is 1. The first-order chi connectivity index (χ1) is 7.17. The maximum Gasteiger partial charge on any atom is 0.329 e. The van der Waals surface area contributed by atoms with Crippen LogP contribution in [0.25, 0.3) is 0 Å². The van der Waals surface area contributed by atoms with Crippen LogP contribution in [0.3, 0.4) is 0 Å². The molecule has 0 aliphatic heterocycles. The summed E-state index contributed by atoms with van der Waals surface area (Å²) in [5.74, 6) is -0.878. The Morgan fingerprint density at radius 3 is 2.19 bits per heavy atom. The normalized spacial score (nSPS) is 13.6. The van der Waals surface area contributed by atoms with Gasteiger partial charge in [-0.3, -0.25) is 9.63 Å². The molecule has 0 radical (unpaired) electrons. The lowest BCUT2D eigenvalue weighted by Crippen LogP contribution is -2.45. The van der Waals surface area contributed by atoms with Gasteiger partial charge in [0.1, 0.15) is 0 Å². The molecular weight excluding hydrogens is 210 g/mol. The van der Waals surface area contributed by atoms with E-state index in [4.69, 9.17) is 9.94 Å². The maximum absolute atomic E-state index is 11.0. The van der Waals surface area contributed by atoms with Gasteiger partial charge in [-0.05, 0) is 33.1 Å². The van der Waals surface area contributed by atoms with Crippen LogP contribution in [0, 0.1) is 5.92 Å². The predicted molar refractivity (Wildman–Crippen MR) is 59.6 cm³/mol. The van der Waals surface area contributed by atoms with Crippen LogP contribution in [0.4, 0.5) is 0 Å². The molecule has 0 fully saturated rings. The molecule has 0 aromatic carbocycles. The second-order valence-electron chi connectivity index (χ2n) is 5.15. The van der Waals surface area contributed by atoms with Crippen LogP contribution < -0.4 is 0 Å². The maximum atomic E-state index is 11.0. The Kier molecular flexibility index (Phi) is 5.44. The number of nitrogens with zero attached hydrogens (tertiary/aromatic N) is 1. The first kappa shape index (κ1) is 14.9. The fourth-order valence-electron chi connectivity index (χ4n) is 1.23. The number of hydrogen-bond acceptors (Lipinski definition) is 3. The van der Waals surface area contributed by atoms with Crippen molar-refractivity contribution in [3.8, 4) is 0 Å². The fourth-order valence-corrected chi connectivity index (χ4v) is 1.23. The van der Waals surface area contributed by atoms with Gasteiger partial charge in [0.15, 0.2) is 6.04 Å². The van der Waals surface area contributed by atoms with Crippen LogP contribution in [0.1, 0.15) is 41.0 Å². The number of aliphatic carboxylic acids is 1. The van der Waals surface area contributed by atoms with Crippen molar-refractivity contribution in [3.63, 3.8) is 0 Å².